The maximum atomic E-state index is 6.34. The van der Waals surface area contributed by atoms with E-state index in [0.717, 1.165) is 54.1 Å². The summed E-state index contributed by atoms with van der Waals surface area (Å²) in [6.45, 7) is 7.26. The number of thiophene rings is 1. The van der Waals surface area contributed by atoms with Gasteiger partial charge >= 0.3 is 0 Å². The minimum Gasteiger partial charge on any atom is -0.397 e. The van der Waals surface area contributed by atoms with Crippen LogP contribution in [0.25, 0.3) is 10.2 Å². The highest BCUT2D eigenvalue weighted by Crippen LogP contribution is 2.33. The van der Waals surface area contributed by atoms with E-state index in [2.05, 4.69) is 52.5 Å². The van der Waals surface area contributed by atoms with Crippen LogP contribution in [-0.4, -0.2) is 31.7 Å². The first-order chi connectivity index (χ1) is 12.6. The first-order valence-corrected chi connectivity index (χ1v) is 10.1. The molecule has 0 spiro atoms. The molecule has 1 aromatic carbocycles. The molecule has 0 unspecified atom stereocenters. The topological polar surface area (TPSA) is 54.2 Å². The highest BCUT2D eigenvalue weighted by atomic mass is 32.1. The van der Waals surface area contributed by atoms with Crippen molar-refractivity contribution in [1.29, 1.82) is 0 Å². The summed E-state index contributed by atoms with van der Waals surface area (Å²) in [5, 5.41) is 4.31. The Bertz CT molecular complexity index is 854. The van der Waals surface area contributed by atoms with Crippen LogP contribution in [0.1, 0.15) is 23.1 Å². The highest BCUT2D eigenvalue weighted by Gasteiger charge is 2.11. The van der Waals surface area contributed by atoms with Gasteiger partial charge in [0, 0.05) is 41.3 Å². The van der Waals surface area contributed by atoms with Crippen LogP contribution >= 0.6 is 11.3 Å². The molecule has 3 rings (SSSR count). The molecule has 0 atom stereocenters. The number of hydrogen-bond donors (Lipinski definition) is 2. The van der Waals surface area contributed by atoms with Crippen molar-refractivity contribution in [2.75, 3.05) is 37.3 Å². The fourth-order valence-corrected chi connectivity index (χ4v) is 4.31. The van der Waals surface area contributed by atoms with E-state index in [-0.39, 0.29) is 0 Å². The second-order valence-electron chi connectivity index (χ2n) is 6.59. The van der Waals surface area contributed by atoms with Crippen molar-refractivity contribution in [2.45, 2.75) is 26.7 Å². The lowest BCUT2D eigenvalue weighted by Gasteiger charge is -2.23. The van der Waals surface area contributed by atoms with Gasteiger partial charge in [-0.1, -0.05) is 12.1 Å². The fourth-order valence-electron chi connectivity index (χ4n) is 3.17. The van der Waals surface area contributed by atoms with Crippen molar-refractivity contribution >= 4 is 32.9 Å². The molecular formula is C21H28N4S. The number of nitrogen functional groups attached to an aromatic ring is 1. The number of aryl methyl sites for hydroxylation is 3. The molecule has 0 saturated heterocycles. The van der Waals surface area contributed by atoms with Gasteiger partial charge < -0.3 is 16.0 Å². The summed E-state index contributed by atoms with van der Waals surface area (Å²) in [6, 6.07) is 13.1. The molecule has 2 heterocycles. The number of nitrogens with two attached hydrogens (primary N) is 1. The zero-order chi connectivity index (χ0) is 18.5. The molecule has 0 aliphatic heterocycles. The van der Waals surface area contributed by atoms with Crippen LogP contribution in [0.4, 0.5) is 11.4 Å². The summed E-state index contributed by atoms with van der Waals surface area (Å²) < 4.78 is 0. The number of fused-ring (bicyclic) bond motifs is 1. The van der Waals surface area contributed by atoms with Crippen LogP contribution < -0.4 is 16.0 Å². The number of benzene rings is 1. The molecule has 2 aromatic heterocycles. The summed E-state index contributed by atoms with van der Waals surface area (Å²) in [4.78, 5) is 9.29. The lowest BCUT2D eigenvalue weighted by atomic mass is 10.1. The lowest BCUT2D eigenvalue weighted by Crippen LogP contribution is -2.30. The summed E-state index contributed by atoms with van der Waals surface area (Å²) in [5.74, 6) is 0. The summed E-state index contributed by atoms with van der Waals surface area (Å²) in [6.07, 6.45) is 1.96. The first kappa shape index (κ1) is 18.7. The standard InChI is InChI=1S/C21H28N4S/c1-4-25(14-13-23-3)17-9-6-16(7-10-17)8-12-19-20(22)18-11-5-15(2)24-21(18)26-19/h5-7,9-11,23H,4,8,12-14,22H2,1-3H3. The van der Waals surface area contributed by atoms with Crippen LogP contribution in [0, 0.1) is 6.92 Å². The number of hydrogen-bond acceptors (Lipinski definition) is 5. The van der Waals surface area contributed by atoms with Crippen LogP contribution in [0.15, 0.2) is 36.4 Å². The zero-order valence-electron chi connectivity index (χ0n) is 15.9. The van der Waals surface area contributed by atoms with Crippen molar-refractivity contribution in [2.24, 2.45) is 0 Å². The van der Waals surface area contributed by atoms with E-state index in [4.69, 9.17) is 5.73 Å². The largest absolute Gasteiger partial charge is 0.397 e. The average Bonchev–Trinajstić information content (AvgIpc) is 2.96. The number of anilines is 2. The Kier molecular flexibility index (Phi) is 6.12. The fraction of sp³-hybridized carbons (Fsp3) is 0.381. The predicted molar refractivity (Wildman–Crippen MR) is 114 cm³/mol. The Labute approximate surface area is 160 Å². The second-order valence-corrected chi connectivity index (χ2v) is 7.68. The van der Waals surface area contributed by atoms with Crippen molar-refractivity contribution in [3.05, 3.63) is 52.5 Å². The molecule has 26 heavy (non-hydrogen) atoms. The van der Waals surface area contributed by atoms with Gasteiger partial charge in [0.1, 0.15) is 4.83 Å². The molecule has 0 amide bonds. The summed E-state index contributed by atoms with van der Waals surface area (Å²) in [7, 11) is 1.99. The van der Waals surface area contributed by atoms with Crippen LogP contribution in [-0.2, 0) is 12.8 Å². The Morgan fingerprint density at radius 1 is 1.12 bits per heavy atom. The van der Waals surface area contributed by atoms with Gasteiger partial charge in [0.05, 0.1) is 5.69 Å². The maximum absolute atomic E-state index is 6.34. The van der Waals surface area contributed by atoms with Gasteiger partial charge in [-0.25, -0.2) is 4.98 Å². The molecule has 4 nitrogen and oxygen atoms in total. The Hall–Kier alpha value is -2.11. The number of nitrogens with one attached hydrogen (secondary N) is 1. The van der Waals surface area contributed by atoms with Gasteiger partial charge in [-0.3, -0.25) is 0 Å². The number of aromatic nitrogens is 1. The van der Waals surface area contributed by atoms with E-state index in [1.54, 1.807) is 11.3 Å². The van der Waals surface area contributed by atoms with Gasteiger partial charge in [-0.05, 0) is 63.6 Å². The first-order valence-electron chi connectivity index (χ1n) is 9.25. The smallest absolute Gasteiger partial charge is 0.125 e. The van der Waals surface area contributed by atoms with E-state index in [1.807, 2.05) is 20.0 Å². The van der Waals surface area contributed by atoms with Crippen LogP contribution in [0.3, 0.4) is 0 Å². The molecule has 5 heteroatoms. The van der Waals surface area contributed by atoms with Crippen LogP contribution in [0.5, 0.6) is 0 Å². The Morgan fingerprint density at radius 2 is 1.88 bits per heavy atom. The van der Waals surface area contributed by atoms with Gasteiger partial charge in [0.15, 0.2) is 0 Å². The highest BCUT2D eigenvalue weighted by molar-refractivity contribution is 7.19. The van der Waals surface area contributed by atoms with Crippen LogP contribution in [0.2, 0.25) is 0 Å². The third-order valence-corrected chi connectivity index (χ3v) is 5.94. The van der Waals surface area contributed by atoms with Gasteiger partial charge in [0.25, 0.3) is 0 Å². The van der Waals surface area contributed by atoms with Gasteiger partial charge in [0.2, 0.25) is 0 Å². The van der Waals surface area contributed by atoms with Gasteiger partial charge in [-0.15, -0.1) is 11.3 Å². The Balaban J connectivity index is 1.67. The molecule has 0 bridgehead atoms. The molecule has 3 N–H and O–H groups in total. The minimum atomic E-state index is 0.901. The van der Waals surface area contributed by atoms with Crippen molar-refractivity contribution in [1.82, 2.24) is 10.3 Å². The molecular weight excluding hydrogens is 340 g/mol. The molecule has 3 aromatic rings. The third kappa shape index (κ3) is 4.17. The normalized spacial score (nSPS) is 11.2. The van der Waals surface area contributed by atoms with E-state index >= 15 is 0 Å². The predicted octanol–water partition coefficient (Wildman–Crippen LogP) is 4.02. The summed E-state index contributed by atoms with van der Waals surface area (Å²) in [5.41, 5.74) is 10.9. The quantitative estimate of drug-likeness (QED) is 0.631. The van der Waals surface area contributed by atoms with E-state index in [1.165, 1.54) is 16.1 Å². The maximum Gasteiger partial charge on any atom is 0.125 e. The van der Waals surface area contributed by atoms with Gasteiger partial charge in [-0.2, -0.15) is 0 Å². The number of rotatable bonds is 8. The van der Waals surface area contributed by atoms with Crippen molar-refractivity contribution in [3.63, 3.8) is 0 Å². The molecule has 0 aliphatic rings. The molecule has 0 saturated carbocycles. The number of pyridine rings is 1. The SMILES string of the molecule is CCN(CCNC)c1ccc(CCc2sc3nc(C)ccc3c2N)cc1. The lowest BCUT2D eigenvalue weighted by molar-refractivity contribution is 0.736. The number of likely N-dealkylation sites (N-methyl/N-ethyl adjacent to an activating group) is 2. The van der Waals surface area contributed by atoms with E-state index < -0.39 is 0 Å². The van der Waals surface area contributed by atoms with Crippen molar-refractivity contribution < 1.29 is 0 Å². The van der Waals surface area contributed by atoms with E-state index in [9.17, 15) is 0 Å². The Morgan fingerprint density at radius 3 is 2.58 bits per heavy atom. The molecule has 138 valence electrons. The number of nitrogens with zero attached hydrogens (tertiary/aromatic N) is 2. The molecule has 0 radical (unpaired) electrons. The molecule has 0 aliphatic carbocycles. The monoisotopic (exact) mass is 368 g/mol. The molecule has 0 fully saturated rings. The summed E-state index contributed by atoms with van der Waals surface area (Å²) >= 11 is 1.73. The second kappa shape index (κ2) is 8.52. The van der Waals surface area contributed by atoms with E-state index in [0.29, 0.717) is 0 Å². The third-order valence-electron chi connectivity index (χ3n) is 4.77. The zero-order valence-corrected chi connectivity index (χ0v) is 16.7. The average molecular weight is 369 g/mol. The minimum absolute atomic E-state index is 0.901. The van der Waals surface area contributed by atoms with Crippen molar-refractivity contribution in [3.8, 4) is 0 Å².